The Bertz CT molecular complexity index is 25.2. The van der Waals surface area contributed by atoms with Crippen molar-refractivity contribution < 1.29 is 13.2 Å². The lowest BCUT2D eigenvalue weighted by Crippen LogP contribution is -1.97. The summed E-state index contributed by atoms with van der Waals surface area (Å²) in [5.74, 6) is 0. The van der Waals surface area contributed by atoms with Crippen molar-refractivity contribution in [3.05, 3.63) is 6.67 Å². The van der Waals surface area contributed by atoms with E-state index in [4.69, 9.17) is 0 Å². The number of rotatable bonds is 2. The molecule has 6 heavy (non-hydrogen) atoms. The highest BCUT2D eigenvalue weighted by atomic mass is 19.2. The summed E-state index contributed by atoms with van der Waals surface area (Å²) in [6, 6.07) is 0. The standard InChI is InChI=1S/C3H4F3/c4-1-3(6)2-5/h1,3H,2H2. The second-order valence-electron chi connectivity index (χ2n) is 0.796. The second kappa shape index (κ2) is 3.00. The van der Waals surface area contributed by atoms with Gasteiger partial charge >= 0.3 is 0 Å². The fourth-order valence-electron chi connectivity index (χ4n) is 0.0337. The zero-order valence-electron chi connectivity index (χ0n) is 3.00. The molecule has 0 saturated heterocycles. The molecule has 0 aliphatic carbocycles. The summed E-state index contributed by atoms with van der Waals surface area (Å²) in [6.45, 7) is -1.59. The van der Waals surface area contributed by atoms with Crippen LogP contribution in [0.1, 0.15) is 0 Å². The molecule has 0 aromatic carbocycles. The lowest BCUT2D eigenvalue weighted by molar-refractivity contribution is 0.255. The van der Waals surface area contributed by atoms with E-state index in [2.05, 4.69) is 0 Å². The van der Waals surface area contributed by atoms with Gasteiger partial charge in [-0.3, -0.25) is 0 Å². The summed E-state index contributed by atoms with van der Waals surface area (Å²) in [7, 11) is 0. The van der Waals surface area contributed by atoms with Crippen molar-refractivity contribution in [1.29, 1.82) is 0 Å². The van der Waals surface area contributed by atoms with Gasteiger partial charge in [0, 0.05) is 0 Å². The monoisotopic (exact) mass is 97.0 g/mol. The molecule has 0 spiro atoms. The molecule has 0 fully saturated rings. The molecule has 0 rings (SSSR count). The molecule has 0 aliphatic rings. The molecular weight excluding hydrogens is 93.0 g/mol. The quantitative estimate of drug-likeness (QED) is 0.489. The second-order valence-corrected chi connectivity index (χ2v) is 0.796. The van der Waals surface area contributed by atoms with Crippen molar-refractivity contribution >= 4 is 0 Å². The van der Waals surface area contributed by atoms with E-state index in [1.165, 1.54) is 0 Å². The van der Waals surface area contributed by atoms with Crippen LogP contribution in [0.4, 0.5) is 13.2 Å². The van der Waals surface area contributed by atoms with Crippen LogP contribution in [0.5, 0.6) is 0 Å². The van der Waals surface area contributed by atoms with Gasteiger partial charge in [-0.2, -0.15) is 0 Å². The van der Waals surface area contributed by atoms with Gasteiger partial charge in [-0.1, -0.05) is 0 Å². The molecule has 1 radical (unpaired) electrons. The zero-order chi connectivity index (χ0) is 4.99. The largest absolute Gasteiger partial charge is 0.248 e. The van der Waals surface area contributed by atoms with Crippen LogP contribution in [-0.4, -0.2) is 12.8 Å². The minimum Gasteiger partial charge on any atom is -0.248 e. The van der Waals surface area contributed by atoms with Crippen LogP contribution in [0.25, 0.3) is 0 Å². The first-order valence-electron chi connectivity index (χ1n) is 1.45. The van der Waals surface area contributed by atoms with E-state index in [1.54, 1.807) is 0 Å². The first kappa shape index (κ1) is 5.79. The predicted octanol–water partition coefficient (Wildman–Crippen LogP) is 1.43. The van der Waals surface area contributed by atoms with E-state index < -0.39 is 12.8 Å². The van der Waals surface area contributed by atoms with Gasteiger partial charge in [-0.15, -0.1) is 0 Å². The molecular formula is C3H4F3. The average molecular weight is 97.1 g/mol. The smallest absolute Gasteiger partial charge is 0.168 e. The highest BCUT2D eigenvalue weighted by molar-refractivity contribution is 4.60. The van der Waals surface area contributed by atoms with Gasteiger partial charge in [-0.05, 0) is 0 Å². The van der Waals surface area contributed by atoms with Crippen LogP contribution >= 0.6 is 0 Å². The van der Waals surface area contributed by atoms with Gasteiger partial charge in [0.25, 0.3) is 0 Å². The molecule has 0 saturated carbocycles. The third-order valence-corrected chi connectivity index (χ3v) is 0.284. The first-order chi connectivity index (χ1) is 2.81. The molecule has 0 heterocycles. The van der Waals surface area contributed by atoms with Crippen molar-refractivity contribution in [2.24, 2.45) is 0 Å². The first-order valence-corrected chi connectivity index (χ1v) is 1.45. The molecule has 0 aromatic rings. The molecule has 0 aliphatic heterocycles. The normalized spacial score (nSPS) is 10.0. The van der Waals surface area contributed by atoms with Crippen molar-refractivity contribution in [2.75, 3.05) is 6.67 Å². The summed E-state index contributed by atoms with van der Waals surface area (Å²) in [5, 5.41) is 0. The van der Waals surface area contributed by atoms with Crippen molar-refractivity contribution in [3.8, 4) is 0 Å². The van der Waals surface area contributed by atoms with E-state index in [9.17, 15) is 13.2 Å². The van der Waals surface area contributed by atoms with Crippen LogP contribution in [0.15, 0.2) is 0 Å². The van der Waals surface area contributed by atoms with E-state index >= 15 is 0 Å². The number of hydrogen-bond donors (Lipinski definition) is 0. The van der Waals surface area contributed by atoms with Crippen LogP contribution in [0, 0.1) is 6.67 Å². The predicted molar refractivity (Wildman–Crippen MR) is 16.3 cm³/mol. The van der Waals surface area contributed by atoms with Crippen LogP contribution < -0.4 is 0 Å². The van der Waals surface area contributed by atoms with E-state index in [-0.39, 0.29) is 6.67 Å². The molecule has 0 bridgehead atoms. The Morgan fingerprint density at radius 3 is 2.17 bits per heavy atom. The Hall–Kier alpha value is -0.210. The van der Waals surface area contributed by atoms with Gasteiger partial charge in [0.2, 0.25) is 0 Å². The van der Waals surface area contributed by atoms with E-state index in [0.29, 0.717) is 0 Å². The average Bonchev–Trinajstić information content (AvgIpc) is 1.65. The molecule has 0 aromatic heterocycles. The maximum Gasteiger partial charge on any atom is 0.168 e. The van der Waals surface area contributed by atoms with Crippen molar-refractivity contribution in [2.45, 2.75) is 6.17 Å². The van der Waals surface area contributed by atoms with Crippen LogP contribution in [0.3, 0.4) is 0 Å². The van der Waals surface area contributed by atoms with Crippen molar-refractivity contribution in [1.82, 2.24) is 0 Å². The summed E-state index contributed by atoms with van der Waals surface area (Å²) in [5.41, 5.74) is 0. The molecule has 1 atom stereocenters. The molecule has 0 amide bonds. The minimum atomic E-state index is -2.02. The Balaban J connectivity index is 2.75. The number of hydrogen-bond acceptors (Lipinski definition) is 0. The topological polar surface area (TPSA) is 0 Å². The van der Waals surface area contributed by atoms with Gasteiger partial charge in [0.15, 0.2) is 12.8 Å². The summed E-state index contributed by atoms with van der Waals surface area (Å²) in [6.07, 6.45) is -2.02. The Kier molecular flexibility index (Phi) is 2.89. The summed E-state index contributed by atoms with van der Waals surface area (Å²) < 4.78 is 32.4. The molecule has 37 valence electrons. The fraction of sp³-hybridized carbons (Fsp3) is 0.667. The number of halogens is 3. The molecule has 3 heteroatoms. The number of alkyl halides is 2. The van der Waals surface area contributed by atoms with E-state index in [1.807, 2.05) is 0 Å². The third kappa shape index (κ3) is 2.05. The SMILES string of the molecule is F[CH]C(F)CF. The lowest BCUT2D eigenvalue weighted by atomic mass is 10.5. The summed E-state index contributed by atoms with van der Waals surface area (Å²) >= 11 is 0. The zero-order valence-corrected chi connectivity index (χ0v) is 3.00. The Morgan fingerprint density at radius 1 is 1.67 bits per heavy atom. The van der Waals surface area contributed by atoms with Gasteiger partial charge in [0.1, 0.15) is 6.67 Å². The van der Waals surface area contributed by atoms with Crippen LogP contribution in [-0.2, 0) is 0 Å². The Labute approximate surface area is 34.0 Å². The summed E-state index contributed by atoms with van der Waals surface area (Å²) in [4.78, 5) is 0. The highest BCUT2D eigenvalue weighted by Gasteiger charge is 2.01. The van der Waals surface area contributed by atoms with E-state index in [0.717, 1.165) is 0 Å². The molecule has 0 N–H and O–H groups in total. The van der Waals surface area contributed by atoms with Crippen molar-refractivity contribution in [3.63, 3.8) is 0 Å². The minimum absolute atomic E-state index is 0.319. The van der Waals surface area contributed by atoms with Gasteiger partial charge in [0.05, 0.1) is 0 Å². The van der Waals surface area contributed by atoms with Gasteiger partial charge < -0.3 is 0 Å². The maximum atomic E-state index is 11.1. The lowest BCUT2D eigenvalue weighted by Gasteiger charge is -1.87. The van der Waals surface area contributed by atoms with Gasteiger partial charge in [-0.25, -0.2) is 13.2 Å². The van der Waals surface area contributed by atoms with Crippen LogP contribution in [0.2, 0.25) is 0 Å². The molecule has 1 unspecified atom stereocenters. The Morgan fingerprint density at radius 2 is 2.17 bits per heavy atom. The highest BCUT2D eigenvalue weighted by Crippen LogP contribution is 1.95. The maximum absolute atomic E-state index is 11.1. The third-order valence-electron chi connectivity index (χ3n) is 0.284. The fourth-order valence-corrected chi connectivity index (χ4v) is 0.0337. The molecule has 0 nitrogen and oxygen atoms in total.